The first kappa shape index (κ1) is 32.7. The molecule has 12 rings (SSSR count). The molecule has 7 aromatic carbocycles. The monoisotopic (exact) mass is 833 g/mol. The molecule has 0 atom stereocenters. The molecular formula is C54H39N7OSi. The highest BCUT2D eigenvalue weighted by Gasteiger charge is 2.49. The van der Waals surface area contributed by atoms with Crippen LogP contribution in [0.4, 0.5) is 0 Å². The van der Waals surface area contributed by atoms with Gasteiger partial charge in [-0.2, -0.15) is 0 Å². The fourth-order valence-electron chi connectivity index (χ4n) is 9.60. The van der Waals surface area contributed by atoms with E-state index in [1.165, 1.54) is 37.2 Å². The van der Waals surface area contributed by atoms with Crippen LogP contribution in [0.5, 0.6) is 11.5 Å². The molecule has 8 nitrogen and oxygen atoms in total. The zero-order chi connectivity index (χ0) is 45.4. The van der Waals surface area contributed by atoms with E-state index in [9.17, 15) is 5.48 Å². The normalized spacial score (nSPS) is 14.5. The van der Waals surface area contributed by atoms with Gasteiger partial charge in [0, 0.05) is 64.2 Å². The highest BCUT2D eigenvalue weighted by atomic mass is 28.3. The number of imidazole rings is 2. The Morgan fingerprint density at radius 3 is 1.83 bits per heavy atom. The van der Waals surface area contributed by atoms with E-state index >= 15 is 0 Å². The average Bonchev–Trinajstić information content (AvgIpc) is 3.92. The maximum atomic E-state index is 10.4. The van der Waals surface area contributed by atoms with Crippen molar-refractivity contribution in [3.63, 3.8) is 0 Å². The highest BCUT2D eigenvalue weighted by molar-refractivity contribution is 7.20. The Bertz CT molecular complexity index is 3560. The van der Waals surface area contributed by atoms with Crippen molar-refractivity contribution in [2.45, 2.75) is 18.2 Å². The van der Waals surface area contributed by atoms with Crippen molar-refractivity contribution >= 4 is 56.7 Å². The number of benzene rings is 7. The van der Waals surface area contributed by atoms with E-state index in [0.29, 0.717) is 22.6 Å². The predicted octanol–water partition coefficient (Wildman–Crippen LogP) is 8.27. The Hall–Kier alpha value is -8.01. The zero-order valence-electron chi connectivity index (χ0n) is 37.7. The molecule has 1 aliphatic rings. The van der Waals surface area contributed by atoms with Gasteiger partial charge in [0.25, 0.3) is 0 Å². The van der Waals surface area contributed by atoms with Crippen LogP contribution in [0.3, 0.4) is 0 Å². The van der Waals surface area contributed by atoms with Gasteiger partial charge in [0.05, 0.1) is 22.1 Å². The van der Waals surface area contributed by atoms with E-state index in [1.807, 2.05) is 48.5 Å². The molecule has 300 valence electrons. The van der Waals surface area contributed by atoms with Gasteiger partial charge in [-0.25, -0.2) is 24.9 Å². The van der Waals surface area contributed by atoms with Crippen molar-refractivity contribution < 1.29 is 10.2 Å². The van der Waals surface area contributed by atoms with Crippen LogP contribution in [0.15, 0.2) is 213 Å². The third-order valence-corrected chi connectivity index (χ3v) is 17.0. The van der Waals surface area contributed by atoms with Crippen molar-refractivity contribution in [3.05, 3.63) is 236 Å². The molecule has 0 fully saturated rings. The summed E-state index contributed by atoms with van der Waals surface area (Å²) in [4.78, 5) is 22.5. The molecule has 0 unspecified atom stereocenters. The van der Waals surface area contributed by atoms with Crippen LogP contribution in [0.25, 0.3) is 33.5 Å². The number of ether oxygens (including phenoxy) is 1. The van der Waals surface area contributed by atoms with Gasteiger partial charge in [-0.05, 0) is 75.3 Å². The number of hydrogen-bond acceptors (Lipinski definition) is 6. The molecule has 63 heavy (non-hydrogen) atoms. The third kappa shape index (κ3) is 5.77. The van der Waals surface area contributed by atoms with Crippen LogP contribution in [0.1, 0.15) is 28.0 Å². The summed E-state index contributed by atoms with van der Waals surface area (Å²) in [7, 11) is -3.61. The molecular weight excluding hydrogens is 791 g/mol. The van der Waals surface area contributed by atoms with Gasteiger partial charge in [-0.1, -0.05) is 133 Å². The highest BCUT2D eigenvalue weighted by Crippen LogP contribution is 2.51. The molecule has 0 amide bonds. The van der Waals surface area contributed by atoms with Crippen LogP contribution in [0, 0.1) is 0 Å². The lowest BCUT2D eigenvalue weighted by molar-refractivity contribution is 0.384. The van der Waals surface area contributed by atoms with Gasteiger partial charge in [0.15, 0.2) is 8.07 Å². The van der Waals surface area contributed by atoms with Crippen LogP contribution in [-0.4, -0.2) is 42.0 Å². The Kier molecular flexibility index (Phi) is 7.72. The van der Waals surface area contributed by atoms with Gasteiger partial charge in [-0.3, -0.25) is 8.97 Å². The second-order valence-corrected chi connectivity index (χ2v) is 19.3. The van der Waals surface area contributed by atoms with Crippen LogP contribution < -0.4 is 25.5 Å². The fourth-order valence-corrected chi connectivity index (χ4v) is 14.5. The second kappa shape index (κ2) is 14.9. The lowest BCUT2D eigenvalue weighted by Gasteiger charge is -2.43. The second-order valence-electron chi connectivity index (χ2n) is 15.6. The Balaban J connectivity index is 1.22. The molecule has 0 aliphatic carbocycles. The van der Waals surface area contributed by atoms with Crippen LogP contribution in [0.2, 0.25) is 0 Å². The number of aromatic nitrogens is 7. The molecule has 4 aromatic heterocycles. The number of hydrogen-bond donors (Lipinski definition) is 0. The quantitative estimate of drug-likeness (QED) is 0.108. The summed E-state index contributed by atoms with van der Waals surface area (Å²) in [5.41, 5.74) is 3.34. The molecule has 1 aliphatic heterocycles. The first-order valence-electron chi connectivity index (χ1n) is 22.8. The van der Waals surface area contributed by atoms with Crippen LogP contribution >= 0.6 is 0 Å². The lowest BCUT2D eigenvalue weighted by atomic mass is 9.66. The number of fused-ring (bicyclic) bond motifs is 7. The van der Waals surface area contributed by atoms with E-state index in [0.717, 1.165) is 54.3 Å². The Labute approximate surface area is 370 Å². The molecule has 0 radical (unpaired) electrons. The molecule has 5 heterocycles. The molecule has 0 bridgehead atoms. The van der Waals surface area contributed by atoms with Crippen molar-refractivity contribution in [2.24, 2.45) is 0 Å². The molecule has 0 N–H and O–H groups in total. The SMILES string of the molecule is [2H]C([2H])(c1ccncn1)C1(C([2H])([2H])c2ccncn2)c2ccccc2Oc2c1cccc2[Si](c1ccccc1)(c1ccccc1)c1cccc(-n2c3ccccc3n3c4ccccc4nc23)c1. The summed E-state index contributed by atoms with van der Waals surface area (Å²) in [5, 5.41) is 3.93. The van der Waals surface area contributed by atoms with Crippen molar-refractivity contribution in [1.82, 2.24) is 33.9 Å². The molecule has 0 saturated carbocycles. The number of rotatable bonds is 9. The maximum Gasteiger partial charge on any atom is 0.220 e. The topological polar surface area (TPSA) is 83.0 Å². The van der Waals surface area contributed by atoms with Crippen molar-refractivity contribution in [3.8, 4) is 17.2 Å². The van der Waals surface area contributed by atoms with E-state index < -0.39 is 26.2 Å². The lowest BCUT2D eigenvalue weighted by Crippen LogP contribution is -2.75. The summed E-state index contributed by atoms with van der Waals surface area (Å²) >= 11 is 0. The smallest absolute Gasteiger partial charge is 0.220 e. The third-order valence-electron chi connectivity index (χ3n) is 12.2. The summed E-state index contributed by atoms with van der Waals surface area (Å²) in [6.07, 6.45) is 0.479. The van der Waals surface area contributed by atoms with Crippen molar-refractivity contribution in [2.75, 3.05) is 0 Å². The first-order valence-corrected chi connectivity index (χ1v) is 22.8. The molecule has 0 saturated heterocycles. The minimum Gasteiger partial charge on any atom is -0.457 e. The van der Waals surface area contributed by atoms with Crippen molar-refractivity contribution in [1.29, 1.82) is 0 Å². The van der Waals surface area contributed by atoms with E-state index in [1.54, 1.807) is 18.2 Å². The Morgan fingerprint density at radius 2 is 1.13 bits per heavy atom. The zero-order valence-corrected chi connectivity index (χ0v) is 34.7. The molecule has 9 heteroatoms. The maximum absolute atomic E-state index is 10.4. The van der Waals surface area contributed by atoms with Gasteiger partial charge in [0.2, 0.25) is 5.78 Å². The Morgan fingerprint density at radius 1 is 0.540 bits per heavy atom. The summed E-state index contributed by atoms with van der Waals surface area (Å²) in [5.74, 6) is 1.48. The van der Waals surface area contributed by atoms with Crippen LogP contribution in [-0.2, 0) is 18.2 Å². The largest absolute Gasteiger partial charge is 0.457 e. The number of para-hydroxylation sites is 6. The van der Waals surface area contributed by atoms with E-state index in [2.05, 4.69) is 138 Å². The first-order chi connectivity index (χ1) is 32.8. The predicted molar refractivity (Wildman–Crippen MR) is 252 cm³/mol. The van der Waals surface area contributed by atoms with Gasteiger partial charge in [-0.15, -0.1) is 0 Å². The van der Waals surface area contributed by atoms with Gasteiger partial charge >= 0.3 is 0 Å². The van der Waals surface area contributed by atoms with E-state index in [4.69, 9.17) is 9.72 Å². The van der Waals surface area contributed by atoms with Gasteiger partial charge in [0.1, 0.15) is 24.2 Å². The molecule has 0 spiro atoms. The standard InChI is InChI=1S/C54H39N7OSi/c1-3-16-41(17-4-1)63(42-18-5-2-6-19-42,43-20-13-15-40(33-43)60-48-25-10-11-26-49(48)61-47-24-9-8-23-46(47)59-53(60)61)51-28-14-22-45-52(51)62-50-27-12-7-21-44(50)54(45,34-38-29-31-55-36-57-38)35-39-30-32-56-37-58-39/h1-33,36-37H,34-35H2/i34D2,35D2. The minimum atomic E-state index is -3.61. The fraction of sp³-hybridized carbons (Fsp3) is 0.0556. The summed E-state index contributed by atoms with van der Waals surface area (Å²) < 4.78 is 53.4. The molecule has 11 aromatic rings. The average molecular weight is 834 g/mol. The summed E-state index contributed by atoms with van der Waals surface area (Å²) in [6.45, 7) is 0. The van der Waals surface area contributed by atoms with E-state index in [-0.39, 0.29) is 11.4 Å². The van der Waals surface area contributed by atoms with Gasteiger partial charge < -0.3 is 4.74 Å². The minimum absolute atomic E-state index is 0.00716. The summed E-state index contributed by atoms with van der Waals surface area (Å²) in [6, 6.07) is 62.2. The number of nitrogens with zero attached hydrogens (tertiary/aromatic N) is 7.